The van der Waals surface area contributed by atoms with Gasteiger partial charge in [-0.3, -0.25) is 9.59 Å². The zero-order valence-corrected chi connectivity index (χ0v) is 16.5. The van der Waals surface area contributed by atoms with Crippen LogP contribution in [0.4, 0.5) is 0 Å². The maximum absolute atomic E-state index is 12.9. The number of nitrogens with one attached hydrogen (secondary N) is 1. The first kappa shape index (κ1) is 19.7. The number of ether oxygens (including phenoxy) is 2. The molecule has 0 spiro atoms. The molecule has 6 nitrogen and oxygen atoms in total. The monoisotopic (exact) mass is 382 g/mol. The molecule has 3 rings (SSSR count). The number of rotatable bonds is 5. The number of amides is 2. The van der Waals surface area contributed by atoms with Gasteiger partial charge in [0.2, 0.25) is 0 Å². The van der Waals surface area contributed by atoms with Gasteiger partial charge in [0.05, 0.1) is 14.2 Å². The number of carbonyl (C=O) groups excluding carboxylic acids is 2. The SMILES string of the molecule is COc1cc(C(=O)N2CCC(NC(=O)c3ccccc3)CC2)cc(OC)c1C. The molecule has 0 saturated carbocycles. The molecule has 0 bridgehead atoms. The summed E-state index contributed by atoms with van der Waals surface area (Å²) in [5, 5.41) is 3.06. The molecule has 1 heterocycles. The summed E-state index contributed by atoms with van der Waals surface area (Å²) in [5.74, 6) is 1.14. The molecule has 1 saturated heterocycles. The van der Waals surface area contributed by atoms with Crippen LogP contribution in [0.5, 0.6) is 11.5 Å². The van der Waals surface area contributed by atoms with Crippen LogP contribution in [0.3, 0.4) is 0 Å². The number of methoxy groups -OCH3 is 2. The summed E-state index contributed by atoms with van der Waals surface area (Å²) in [6.45, 7) is 3.08. The lowest BCUT2D eigenvalue weighted by atomic mass is 10.0. The highest BCUT2D eigenvalue weighted by atomic mass is 16.5. The van der Waals surface area contributed by atoms with Crippen molar-refractivity contribution < 1.29 is 19.1 Å². The van der Waals surface area contributed by atoms with Crippen molar-refractivity contribution in [3.63, 3.8) is 0 Å². The van der Waals surface area contributed by atoms with E-state index in [1.54, 1.807) is 38.5 Å². The van der Waals surface area contributed by atoms with Gasteiger partial charge in [-0.05, 0) is 44.0 Å². The molecule has 0 unspecified atom stereocenters. The number of carbonyl (C=O) groups is 2. The van der Waals surface area contributed by atoms with Crippen molar-refractivity contribution in [2.75, 3.05) is 27.3 Å². The van der Waals surface area contributed by atoms with Gasteiger partial charge in [0.25, 0.3) is 11.8 Å². The molecule has 1 N–H and O–H groups in total. The van der Waals surface area contributed by atoms with Crippen LogP contribution in [-0.4, -0.2) is 50.1 Å². The van der Waals surface area contributed by atoms with Crippen LogP contribution in [0.15, 0.2) is 42.5 Å². The highest BCUT2D eigenvalue weighted by molar-refractivity contribution is 5.96. The average molecular weight is 382 g/mol. The molecule has 2 amide bonds. The van der Waals surface area contributed by atoms with Gasteiger partial charge in [-0.2, -0.15) is 0 Å². The fourth-order valence-electron chi connectivity index (χ4n) is 3.48. The van der Waals surface area contributed by atoms with Crippen LogP contribution >= 0.6 is 0 Å². The van der Waals surface area contributed by atoms with Gasteiger partial charge in [0, 0.05) is 35.8 Å². The van der Waals surface area contributed by atoms with Crippen molar-refractivity contribution in [1.82, 2.24) is 10.2 Å². The molecule has 1 aliphatic heterocycles. The molecule has 0 aliphatic carbocycles. The average Bonchev–Trinajstić information content (AvgIpc) is 2.74. The second-order valence-corrected chi connectivity index (χ2v) is 6.91. The summed E-state index contributed by atoms with van der Waals surface area (Å²) in [4.78, 5) is 27.0. The van der Waals surface area contributed by atoms with Crippen molar-refractivity contribution in [3.05, 3.63) is 59.2 Å². The first-order valence-corrected chi connectivity index (χ1v) is 9.41. The number of benzene rings is 2. The predicted molar refractivity (Wildman–Crippen MR) is 107 cm³/mol. The molecule has 1 fully saturated rings. The topological polar surface area (TPSA) is 67.9 Å². The van der Waals surface area contributed by atoms with E-state index in [-0.39, 0.29) is 17.9 Å². The van der Waals surface area contributed by atoms with E-state index in [1.165, 1.54) is 0 Å². The summed E-state index contributed by atoms with van der Waals surface area (Å²) < 4.78 is 10.7. The lowest BCUT2D eigenvalue weighted by Gasteiger charge is -2.32. The van der Waals surface area contributed by atoms with E-state index in [4.69, 9.17) is 9.47 Å². The Hall–Kier alpha value is -3.02. The minimum Gasteiger partial charge on any atom is -0.496 e. The van der Waals surface area contributed by atoms with Gasteiger partial charge in [0.1, 0.15) is 11.5 Å². The maximum Gasteiger partial charge on any atom is 0.254 e. The molecule has 28 heavy (non-hydrogen) atoms. The third kappa shape index (κ3) is 4.27. The molecule has 1 aliphatic rings. The molecule has 148 valence electrons. The fourth-order valence-corrected chi connectivity index (χ4v) is 3.48. The molecule has 0 radical (unpaired) electrons. The van der Waals surface area contributed by atoms with Crippen LogP contribution in [-0.2, 0) is 0 Å². The second-order valence-electron chi connectivity index (χ2n) is 6.91. The smallest absolute Gasteiger partial charge is 0.254 e. The van der Waals surface area contributed by atoms with Gasteiger partial charge in [0.15, 0.2) is 0 Å². The minimum atomic E-state index is -0.0709. The summed E-state index contributed by atoms with van der Waals surface area (Å²) in [5.41, 5.74) is 2.06. The molecule has 2 aromatic rings. The molecule has 0 aromatic heterocycles. The van der Waals surface area contributed by atoms with Gasteiger partial charge in [-0.15, -0.1) is 0 Å². The van der Waals surface area contributed by atoms with E-state index in [9.17, 15) is 9.59 Å². The number of nitrogens with zero attached hydrogens (tertiary/aromatic N) is 1. The van der Waals surface area contributed by atoms with E-state index in [0.717, 1.165) is 18.4 Å². The zero-order chi connectivity index (χ0) is 20.1. The summed E-state index contributed by atoms with van der Waals surface area (Å²) in [7, 11) is 3.16. The third-order valence-corrected chi connectivity index (χ3v) is 5.15. The van der Waals surface area contributed by atoms with Crippen molar-refractivity contribution in [2.24, 2.45) is 0 Å². The van der Waals surface area contributed by atoms with Crippen molar-refractivity contribution in [1.29, 1.82) is 0 Å². The molecular weight excluding hydrogens is 356 g/mol. The van der Waals surface area contributed by atoms with E-state index < -0.39 is 0 Å². The van der Waals surface area contributed by atoms with Crippen LogP contribution in [0.2, 0.25) is 0 Å². The summed E-state index contributed by atoms with van der Waals surface area (Å²) >= 11 is 0. The Bertz CT molecular complexity index is 818. The Morgan fingerprint density at radius 3 is 2.07 bits per heavy atom. The number of hydrogen-bond donors (Lipinski definition) is 1. The standard InChI is InChI=1S/C22H26N2O4/c1-15-19(27-2)13-17(14-20(15)28-3)22(26)24-11-9-18(10-12-24)23-21(25)16-7-5-4-6-8-16/h4-8,13-14,18H,9-12H2,1-3H3,(H,23,25). The predicted octanol–water partition coefficient (Wildman–Crippen LogP) is 3.05. The molecule has 0 atom stereocenters. The first-order chi connectivity index (χ1) is 13.5. The van der Waals surface area contributed by atoms with Crippen LogP contribution in [0.1, 0.15) is 39.1 Å². The van der Waals surface area contributed by atoms with E-state index >= 15 is 0 Å². The highest BCUT2D eigenvalue weighted by Crippen LogP contribution is 2.30. The van der Waals surface area contributed by atoms with Gasteiger partial charge in [-0.25, -0.2) is 0 Å². The van der Waals surface area contributed by atoms with E-state index in [0.29, 0.717) is 35.7 Å². The van der Waals surface area contributed by atoms with Gasteiger partial charge < -0.3 is 19.7 Å². The summed E-state index contributed by atoms with van der Waals surface area (Å²) in [6, 6.07) is 12.8. The van der Waals surface area contributed by atoms with Crippen molar-refractivity contribution >= 4 is 11.8 Å². The third-order valence-electron chi connectivity index (χ3n) is 5.15. The highest BCUT2D eigenvalue weighted by Gasteiger charge is 2.26. The van der Waals surface area contributed by atoms with E-state index in [1.807, 2.05) is 30.0 Å². The minimum absolute atomic E-state index is 0.0514. The second kappa shape index (κ2) is 8.78. The van der Waals surface area contributed by atoms with Crippen molar-refractivity contribution in [3.8, 4) is 11.5 Å². The number of piperidine rings is 1. The Morgan fingerprint density at radius 2 is 1.54 bits per heavy atom. The molecule has 2 aromatic carbocycles. The summed E-state index contributed by atoms with van der Waals surface area (Å²) in [6.07, 6.45) is 1.45. The van der Waals surface area contributed by atoms with Gasteiger partial charge >= 0.3 is 0 Å². The lowest BCUT2D eigenvalue weighted by molar-refractivity contribution is 0.0697. The van der Waals surface area contributed by atoms with Gasteiger partial charge in [-0.1, -0.05) is 18.2 Å². The quantitative estimate of drug-likeness (QED) is 0.863. The Labute approximate surface area is 165 Å². The Balaban J connectivity index is 1.62. The normalized spacial score (nSPS) is 14.5. The maximum atomic E-state index is 12.9. The van der Waals surface area contributed by atoms with E-state index in [2.05, 4.69) is 5.32 Å². The zero-order valence-electron chi connectivity index (χ0n) is 16.5. The van der Waals surface area contributed by atoms with Crippen LogP contribution in [0.25, 0.3) is 0 Å². The number of likely N-dealkylation sites (tertiary alicyclic amines) is 1. The largest absolute Gasteiger partial charge is 0.496 e. The van der Waals surface area contributed by atoms with Crippen molar-refractivity contribution in [2.45, 2.75) is 25.8 Å². The molecular formula is C22H26N2O4. The lowest BCUT2D eigenvalue weighted by Crippen LogP contribution is -2.46. The van der Waals surface area contributed by atoms with Crippen LogP contribution in [0, 0.1) is 6.92 Å². The Morgan fingerprint density at radius 1 is 0.964 bits per heavy atom. The van der Waals surface area contributed by atoms with Crippen LogP contribution < -0.4 is 14.8 Å². The number of hydrogen-bond acceptors (Lipinski definition) is 4. The molecule has 6 heteroatoms. The Kier molecular flexibility index (Phi) is 6.19. The fraction of sp³-hybridized carbons (Fsp3) is 0.364. The first-order valence-electron chi connectivity index (χ1n) is 9.41.